The van der Waals surface area contributed by atoms with Gasteiger partial charge >= 0.3 is 5.97 Å². The zero-order valence-corrected chi connectivity index (χ0v) is 18.7. The molecule has 5 atom stereocenters. The molecule has 1 aliphatic heterocycles. The number of ether oxygens (including phenoxy) is 1. The van der Waals surface area contributed by atoms with Gasteiger partial charge in [0, 0.05) is 18.6 Å². The van der Waals surface area contributed by atoms with Crippen LogP contribution in [-0.4, -0.2) is 48.3 Å². The highest BCUT2D eigenvalue weighted by molar-refractivity contribution is 5.94. The van der Waals surface area contributed by atoms with Crippen LogP contribution in [-0.2, 0) is 26.2 Å². The van der Waals surface area contributed by atoms with Crippen LogP contribution < -0.4 is 10.6 Å². The molecular formula is C26H32N2O4. The molecule has 170 valence electrons. The van der Waals surface area contributed by atoms with Gasteiger partial charge in [-0.05, 0) is 43.4 Å². The first-order valence-electron chi connectivity index (χ1n) is 11.3. The summed E-state index contributed by atoms with van der Waals surface area (Å²) in [5.41, 5.74) is -0.0752. The lowest BCUT2D eigenvalue weighted by Gasteiger charge is -2.30. The molecule has 1 heterocycles. The largest absolute Gasteiger partial charge is 0.479 e. The normalized spacial score (nSPS) is 28.6. The Morgan fingerprint density at radius 2 is 1.81 bits per heavy atom. The molecule has 2 aromatic rings. The van der Waals surface area contributed by atoms with Crippen LogP contribution in [0.3, 0.4) is 0 Å². The third-order valence-electron chi connectivity index (χ3n) is 7.31. The summed E-state index contributed by atoms with van der Waals surface area (Å²) in [6, 6.07) is 19.7. The maximum Gasteiger partial charge on any atom is 0.330 e. The number of hydrogen-bond donors (Lipinski definition) is 3. The number of carbonyl (C=O) groups excluding carboxylic acids is 1. The van der Waals surface area contributed by atoms with Gasteiger partial charge in [0.15, 0.2) is 0 Å². The van der Waals surface area contributed by atoms with Crippen molar-refractivity contribution in [1.82, 2.24) is 10.6 Å². The summed E-state index contributed by atoms with van der Waals surface area (Å²) in [5, 5.41) is 16.7. The van der Waals surface area contributed by atoms with E-state index in [9.17, 15) is 14.7 Å². The first-order chi connectivity index (χ1) is 15.4. The number of amides is 1. The Kier molecular flexibility index (Phi) is 6.35. The second-order valence-electron chi connectivity index (χ2n) is 9.18. The number of benzene rings is 2. The molecule has 1 aliphatic carbocycles. The number of carboxylic acids is 1. The fraction of sp³-hybridized carbons (Fsp3) is 0.462. The van der Waals surface area contributed by atoms with E-state index < -0.39 is 22.8 Å². The van der Waals surface area contributed by atoms with Gasteiger partial charge in [0.2, 0.25) is 5.91 Å². The van der Waals surface area contributed by atoms with Crippen molar-refractivity contribution >= 4 is 11.9 Å². The van der Waals surface area contributed by atoms with Crippen LogP contribution in [0.1, 0.15) is 37.3 Å². The van der Waals surface area contributed by atoms with Gasteiger partial charge in [0.25, 0.3) is 0 Å². The first-order valence-corrected chi connectivity index (χ1v) is 11.3. The molecule has 0 unspecified atom stereocenters. The van der Waals surface area contributed by atoms with E-state index in [1.54, 1.807) is 7.11 Å². The van der Waals surface area contributed by atoms with Crippen LogP contribution >= 0.6 is 0 Å². The number of carbonyl (C=O) groups is 2. The molecular weight excluding hydrogens is 404 g/mol. The van der Waals surface area contributed by atoms with Crippen molar-refractivity contribution < 1.29 is 19.4 Å². The van der Waals surface area contributed by atoms with Gasteiger partial charge in [-0.1, -0.05) is 67.6 Å². The monoisotopic (exact) mass is 436 g/mol. The molecule has 2 aromatic carbocycles. The Bertz CT molecular complexity index is 945. The average Bonchev–Trinajstić information content (AvgIpc) is 3.16. The number of aliphatic carboxylic acids is 1. The molecule has 3 N–H and O–H groups in total. The summed E-state index contributed by atoms with van der Waals surface area (Å²) >= 11 is 0. The van der Waals surface area contributed by atoms with Crippen molar-refractivity contribution in [1.29, 1.82) is 0 Å². The molecule has 1 saturated heterocycles. The summed E-state index contributed by atoms with van der Waals surface area (Å²) in [5.74, 6) is -1.75. The van der Waals surface area contributed by atoms with E-state index in [0.29, 0.717) is 12.8 Å². The lowest BCUT2D eigenvalue weighted by atomic mass is 9.84. The van der Waals surface area contributed by atoms with Crippen molar-refractivity contribution in [2.45, 2.75) is 55.7 Å². The highest BCUT2D eigenvalue weighted by Crippen LogP contribution is 2.60. The minimum absolute atomic E-state index is 0.101. The third-order valence-corrected chi connectivity index (χ3v) is 7.31. The predicted octanol–water partition coefficient (Wildman–Crippen LogP) is 2.91. The van der Waals surface area contributed by atoms with Gasteiger partial charge in [-0.25, -0.2) is 4.79 Å². The van der Waals surface area contributed by atoms with E-state index in [-0.39, 0.29) is 18.1 Å². The van der Waals surface area contributed by atoms with E-state index in [4.69, 9.17) is 4.74 Å². The molecule has 4 rings (SSSR count). The molecule has 1 saturated carbocycles. The van der Waals surface area contributed by atoms with Crippen LogP contribution in [0.4, 0.5) is 0 Å². The van der Waals surface area contributed by atoms with Crippen molar-refractivity contribution in [3.63, 3.8) is 0 Å². The molecule has 2 fully saturated rings. The van der Waals surface area contributed by atoms with Crippen molar-refractivity contribution in [2.75, 3.05) is 13.7 Å². The Morgan fingerprint density at radius 1 is 1.16 bits per heavy atom. The molecule has 1 amide bonds. The van der Waals surface area contributed by atoms with E-state index in [0.717, 1.165) is 30.5 Å². The van der Waals surface area contributed by atoms with Crippen LogP contribution in [0.5, 0.6) is 0 Å². The van der Waals surface area contributed by atoms with Gasteiger partial charge in [-0.2, -0.15) is 0 Å². The van der Waals surface area contributed by atoms with E-state index >= 15 is 0 Å². The first kappa shape index (κ1) is 22.5. The minimum atomic E-state index is -1.35. The zero-order chi connectivity index (χ0) is 22.8. The number of rotatable bonds is 9. The summed E-state index contributed by atoms with van der Waals surface area (Å²) in [6.07, 6.45) is 2.58. The number of methoxy groups -OCH3 is 1. The van der Waals surface area contributed by atoms with Crippen LogP contribution in [0.15, 0.2) is 60.7 Å². The number of carboxylic acid groups (broad SMARTS) is 1. The maximum atomic E-state index is 13.3. The Hall–Kier alpha value is -2.70. The number of nitrogens with one attached hydrogen (secondary N) is 2. The van der Waals surface area contributed by atoms with Gasteiger partial charge in [-0.3, -0.25) is 4.79 Å². The Balaban J connectivity index is 1.63. The second-order valence-corrected chi connectivity index (χ2v) is 9.18. The highest BCUT2D eigenvalue weighted by atomic mass is 16.5. The molecule has 6 heteroatoms. The SMILES string of the molecule is CO[C@@H]([C@@H]1CCCN1)[C@@H](C)C(=O)N[C@@]1(C(=O)O)C[C@]1(Cc1ccccc1)c1ccccc1. The quantitative estimate of drug-likeness (QED) is 0.563. The molecule has 0 spiro atoms. The van der Waals surface area contributed by atoms with E-state index in [2.05, 4.69) is 10.6 Å². The van der Waals surface area contributed by atoms with Crippen LogP contribution in [0.25, 0.3) is 0 Å². The average molecular weight is 437 g/mol. The smallest absolute Gasteiger partial charge is 0.330 e. The highest BCUT2D eigenvalue weighted by Gasteiger charge is 2.74. The molecule has 0 aromatic heterocycles. The van der Waals surface area contributed by atoms with Crippen LogP contribution in [0, 0.1) is 5.92 Å². The van der Waals surface area contributed by atoms with E-state index in [1.165, 1.54) is 0 Å². The third kappa shape index (κ3) is 3.93. The minimum Gasteiger partial charge on any atom is -0.479 e. The standard InChI is InChI=1S/C26H32N2O4/c1-18(22(32-2)21-14-9-15-27-21)23(29)28-26(24(30)31)17-25(26,20-12-7-4-8-13-20)16-19-10-5-3-6-11-19/h3-8,10-13,18,21-22,27H,9,14-17H2,1-2H3,(H,28,29)(H,30,31)/t18-,21+,22-,25-,26-/m1/s1. The zero-order valence-electron chi connectivity index (χ0n) is 18.7. The molecule has 6 nitrogen and oxygen atoms in total. The Morgan fingerprint density at radius 3 is 2.38 bits per heavy atom. The molecule has 0 radical (unpaired) electrons. The Labute approximate surface area is 189 Å². The summed E-state index contributed by atoms with van der Waals surface area (Å²) in [6.45, 7) is 2.73. The predicted molar refractivity (Wildman–Crippen MR) is 122 cm³/mol. The van der Waals surface area contributed by atoms with Crippen molar-refractivity contribution in [3.8, 4) is 0 Å². The fourth-order valence-corrected chi connectivity index (χ4v) is 5.45. The van der Waals surface area contributed by atoms with E-state index in [1.807, 2.05) is 67.6 Å². The van der Waals surface area contributed by atoms with Crippen LogP contribution in [0.2, 0.25) is 0 Å². The van der Waals surface area contributed by atoms with Crippen molar-refractivity contribution in [2.24, 2.45) is 5.92 Å². The topological polar surface area (TPSA) is 87.7 Å². The second kappa shape index (κ2) is 9.04. The summed E-state index contributed by atoms with van der Waals surface area (Å²) in [7, 11) is 1.61. The molecule has 0 bridgehead atoms. The summed E-state index contributed by atoms with van der Waals surface area (Å²) in [4.78, 5) is 26.0. The van der Waals surface area contributed by atoms with Gasteiger partial charge < -0.3 is 20.5 Å². The summed E-state index contributed by atoms with van der Waals surface area (Å²) < 4.78 is 5.67. The lowest BCUT2D eigenvalue weighted by molar-refractivity contribution is -0.145. The fourth-order valence-electron chi connectivity index (χ4n) is 5.45. The van der Waals surface area contributed by atoms with Crippen molar-refractivity contribution in [3.05, 3.63) is 71.8 Å². The number of hydrogen-bond acceptors (Lipinski definition) is 4. The van der Waals surface area contributed by atoms with Gasteiger partial charge in [-0.15, -0.1) is 0 Å². The van der Waals surface area contributed by atoms with Gasteiger partial charge in [0.1, 0.15) is 5.54 Å². The van der Waals surface area contributed by atoms with Gasteiger partial charge in [0.05, 0.1) is 12.0 Å². The lowest BCUT2D eigenvalue weighted by Crippen LogP contribution is -2.54. The molecule has 32 heavy (non-hydrogen) atoms. The maximum absolute atomic E-state index is 13.3. The molecule has 2 aliphatic rings.